The van der Waals surface area contributed by atoms with Gasteiger partial charge in [0.2, 0.25) is 0 Å². The number of rotatable bonds is 3. The molecular weight excluding hydrogens is 209 g/mol. The van der Waals surface area contributed by atoms with Gasteiger partial charge in [0.25, 0.3) is 5.91 Å². The van der Waals surface area contributed by atoms with Gasteiger partial charge >= 0.3 is 0 Å². The van der Waals surface area contributed by atoms with Crippen molar-refractivity contribution in [1.82, 2.24) is 4.90 Å². The average Bonchev–Trinajstić information content (AvgIpc) is 2.28. The van der Waals surface area contributed by atoms with E-state index in [4.69, 9.17) is 11.0 Å². The molecule has 0 aliphatic heterocycles. The van der Waals surface area contributed by atoms with E-state index in [0.717, 1.165) is 0 Å². The number of nitrogens with zero attached hydrogens (tertiary/aromatic N) is 2. The number of nitriles is 1. The minimum atomic E-state index is -0.612. The summed E-state index contributed by atoms with van der Waals surface area (Å²) in [5.74, 6) is -0.994. The predicted octanol–water partition coefficient (Wildman–Crippen LogP) is 1.39. The third-order valence-electron chi connectivity index (χ3n) is 2.19. The van der Waals surface area contributed by atoms with Crippen molar-refractivity contribution >= 4 is 11.6 Å². The highest BCUT2D eigenvalue weighted by Gasteiger charge is 2.16. The van der Waals surface area contributed by atoms with Gasteiger partial charge in [-0.05, 0) is 12.1 Å². The molecule has 0 aromatic heterocycles. The summed E-state index contributed by atoms with van der Waals surface area (Å²) in [4.78, 5) is 13.1. The number of anilines is 1. The number of carbonyl (C=O) groups is 1. The van der Waals surface area contributed by atoms with Gasteiger partial charge in [-0.15, -0.1) is 0 Å². The smallest absolute Gasteiger partial charge is 0.255 e. The van der Waals surface area contributed by atoms with Crippen LogP contribution in [-0.4, -0.2) is 24.4 Å². The Morgan fingerprint density at radius 3 is 2.94 bits per heavy atom. The van der Waals surface area contributed by atoms with E-state index in [0.29, 0.717) is 6.54 Å². The van der Waals surface area contributed by atoms with Crippen molar-refractivity contribution in [1.29, 1.82) is 5.26 Å². The van der Waals surface area contributed by atoms with Crippen LogP contribution in [0.5, 0.6) is 0 Å². The maximum absolute atomic E-state index is 13.1. The second kappa shape index (κ2) is 5.12. The van der Waals surface area contributed by atoms with E-state index >= 15 is 0 Å². The number of benzene rings is 1. The SMILES string of the molecule is CN(CCC#N)C(=O)c1cccc(F)c1N. The van der Waals surface area contributed by atoms with Crippen molar-refractivity contribution in [2.45, 2.75) is 6.42 Å². The van der Waals surface area contributed by atoms with Crippen LogP contribution < -0.4 is 5.73 Å². The van der Waals surface area contributed by atoms with Gasteiger partial charge < -0.3 is 10.6 Å². The number of para-hydroxylation sites is 1. The minimum Gasteiger partial charge on any atom is -0.396 e. The lowest BCUT2D eigenvalue weighted by Crippen LogP contribution is -2.28. The van der Waals surface area contributed by atoms with Crippen molar-refractivity contribution in [3.8, 4) is 6.07 Å². The molecule has 0 saturated heterocycles. The number of hydrogen-bond acceptors (Lipinski definition) is 3. The van der Waals surface area contributed by atoms with Crippen LogP contribution in [0.3, 0.4) is 0 Å². The topological polar surface area (TPSA) is 70.1 Å². The molecule has 16 heavy (non-hydrogen) atoms. The summed E-state index contributed by atoms with van der Waals surface area (Å²) >= 11 is 0. The Morgan fingerprint density at radius 1 is 1.62 bits per heavy atom. The van der Waals surface area contributed by atoms with Crippen molar-refractivity contribution < 1.29 is 9.18 Å². The monoisotopic (exact) mass is 221 g/mol. The van der Waals surface area contributed by atoms with E-state index in [1.54, 1.807) is 7.05 Å². The molecule has 0 unspecified atom stereocenters. The van der Waals surface area contributed by atoms with Crippen LogP contribution in [0, 0.1) is 17.1 Å². The highest BCUT2D eigenvalue weighted by molar-refractivity contribution is 5.99. The Bertz CT molecular complexity index is 439. The molecule has 0 aliphatic rings. The lowest BCUT2D eigenvalue weighted by atomic mass is 10.1. The van der Waals surface area contributed by atoms with Gasteiger partial charge in [-0.25, -0.2) is 4.39 Å². The first-order valence-corrected chi connectivity index (χ1v) is 4.74. The van der Waals surface area contributed by atoms with Crippen LogP contribution in [0.15, 0.2) is 18.2 Å². The second-order valence-electron chi connectivity index (χ2n) is 3.34. The number of nitrogens with two attached hydrogens (primary N) is 1. The van der Waals surface area contributed by atoms with E-state index in [2.05, 4.69) is 0 Å². The Balaban J connectivity index is 2.89. The van der Waals surface area contributed by atoms with Crippen molar-refractivity contribution in [2.75, 3.05) is 19.3 Å². The molecule has 0 radical (unpaired) electrons. The Morgan fingerprint density at radius 2 is 2.31 bits per heavy atom. The van der Waals surface area contributed by atoms with E-state index in [1.165, 1.54) is 23.1 Å². The van der Waals surface area contributed by atoms with Gasteiger partial charge in [0, 0.05) is 13.6 Å². The van der Waals surface area contributed by atoms with E-state index in [1.807, 2.05) is 6.07 Å². The van der Waals surface area contributed by atoms with Gasteiger partial charge in [-0.2, -0.15) is 5.26 Å². The van der Waals surface area contributed by atoms with Crippen LogP contribution >= 0.6 is 0 Å². The van der Waals surface area contributed by atoms with Crippen LogP contribution in [0.4, 0.5) is 10.1 Å². The van der Waals surface area contributed by atoms with E-state index in [-0.39, 0.29) is 23.6 Å². The lowest BCUT2D eigenvalue weighted by molar-refractivity contribution is 0.0798. The number of halogens is 1. The highest BCUT2D eigenvalue weighted by Crippen LogP contribution is 2.17. The summed E-state index contributed by atoms with van der Waals surface area (Å²) in [6.45, 7) is 0.297. The zero-order chi connectivity index (χ0) is 12.1. The molecule has 1 aromatic rings. The van der Waals surface area contributed by atoms with Crippen LogP contribution in [0.1, 0.15) is 16.8 Å². The standard InChI is InChI=1S/C11H12FN3O/c1-15(7-3-6-13)11(16)8-4-2-5-9(12)10(8)14/h2,4-5H,3,7,14H2,1H3. The first kappa shape index (κ1) is 12.0. The molecular formula is C11H12FN3O. The average molecular weight is 221 g/mol. The first-order chi connectivity index (χ1) is 7.57. The van der Waals surface area contributed by atoms with Crippen molar-refractivity contribution in [2.24, 2.45) is 0 Å². The maximum Gasteiger partial charge on any atom is 0.255 e. The number of amides is 1. The van der Waals surface area contributed by atoms with Crippen molar-refractivity contribution in [3.63, 3.8) is 0 Å². The molecule has 4 nitrogen and oxygen atoms in total. The minimum absolute atomic E-state index is 0.125. The van der Waals surface area contributed by atoms with Gasteiger partial charge in [0.1, 0.15) is 5.82 Å². The van der Waals surface area contributed by atoms with Crippen LogP contribution in [0.2, 0.25) is 0 Å². The molecule has 0 heterocycles. The largest absolute Gasteiger partial charge is 0.396 e. The third-order valence-corrected chi connectivity index (χ3v) is 2.19. The van der Waals surface area contributed by atoms with Crippen LogP contribution in [0.25, 0.3) is 0 Å². The van der Waals surface area contributed by atoms with Crippen LogP contribution in [-0.2, 0) is 0 Å². The van der Waals surface area contributed by atoms with Gasteiger partial charge in [-0.1, -0.05) is 6.07 Å². The zero-order valence-electron chi connectivity index (χ0n) is 8.90. The molecule has 2 N–H and O–H groups in total. The molecule has 0 atom stereocenters. The molecule has 0 saturated carbocycles. The predicted molar refractivity (Wildman–Crippen MR) is 58.0 cm³/mol. The highest BCUT2D eigenvalue weighted by atomic mass is 19.1. The fourth-order valence-corrected chi connectivity index (χ4v) is 1.25. The van der Waals surface area contributed by atoms with Gasteiger partial charge in [0.05, 0.1) is 23.7 Å². The summed E-state index contributed by atoms with van der Waals surface area (Å²) in [7, 11) is 1.55. The van der Waals surface area contributed by atoms with Gasteiger partial charge in [-0.3, -0.25) is 4.79 Å². The molecule has 0 bridgehead atoms. The van der Waals surface area contributed by atoms with Gasteiger partial charge in [0.15, 0.2) is 0 Å². The summed E-state index contributed by atoms with van der Waals surface area (Å²) in [5, 5.41) is 8.39. The first-order valence-electron chi connectivity index (χ1n) is 4.74. The number of nitrogen functional groups attached to an aromatic ring is 1. The maximum atomic E-state index is 13.1. The lowest BCUT2D eigenvalue weighted by Gasteiger charge is -2.16. The molecule has 1 amide bonds. The normalized spacial score (nSPS) is 9.56. The molecule has 1 aromatic carbocycles. The summed E-state index contributed by atoms with van der Waals surface area (Å²) < 4.78 is 13.1. The third kappa shape index (κ3) is 2.48. The Labute approximate surface area is 93.1 Å². The molecule has 1 rings (SSSR count). The van der Waals surface area contributed by atoms with Crippen molar-refractivity contribution in [3.05, 3.63) is 29.6 Å². The van der Waals surface area contributed by atoms with E-state index in [9.17, 15) is 9.18 Å². The molecule has 0 aliphatic carbocycles. The number of carbonyl (C=O) groups excluding carboxylic acids is 1. The number of hydrogen-bond donors (Lipinski definition) is 1. The second-order valence-corrected chi connectivity index (χ2v) is 3.34. The summed E-state index contributed by atoms with van der Waals surface area (Å²) in [5.41, 5.74) is 5.43. The molecule has 84 valence electrons. The summed E-state index contributed by atoms with van der Waals surface area (Å²) in [6, 6.07) is 6.02. The zero-order valence-corrected chi connectivity index (χ0v) is 8.90. The quantitative estimate of drug-likeness (QED) is 0.784. The molecule has 0 spiro atoms. The Hall–Kier alpha value is -2.09. The fraction of sp³-hybridized carbons (Fsp3) is 0.273. The molecule has 5 heteroatoms. The van der Waals surface area contributed by atoms with E-state index < -0.39 is 5.82 Å². The Kier molecular flexibility index (Phi) is 3.84. The fourth-order valence-electron chi connectivity index (χ4n) is 1.25. The molecule has 0 fully saturated rings. The summed E-state index contributed by atoms with van der Waals surface area (Å²) in [6.07, 6.45) is 0.234.